The van der Waals surface area contributed by atoms with Gasteiger partial charge < -0.3 is 4.90 Å². The van der Waals surface area contributed by atoms with Crippen LogP contribution in [0.3, 0.4) is 0 Å². The summed E-state index contributed by atoms with van der Waals surface area (Å²) in [5, 5.41) is 9.54. The number of nitrogens with zero attached hydrogens (tertiary/aromatic N) is 5. The fourth-order valence-corrected chi connectivity index (χ4v) is 7.37. The van der Waals surface area contributed by atoms with E-state index >= 15 is 0 Å². The van der Waals surface area contributed by atoms with E-state index in [9.17, 15) is 26.0 Å². The average molecular weight is 570 g/mol. The topological polar surface area (TPSA) is 71.3 Å². The van der Waals surface area contributed by atoms with Crippen molar-refractivity contribution in [1.29, 1.82) is 0 Å². The van der Waals surface area contributed by atoms with Gasteiger partial charge in [-0.15, -0.1) is 10.2 Å². The number of fused-ring (bicyclic) bond motifs is 3. The molecular weight excluding hydrogens is 546 g/mol. The predicted octanol–water partition coefficient (Wildman–Crippen LogP) is 4.58. The number of alkyl halides is 3. The number of benzene rings is 2. The highest BCUT2D eigenvalue weighted by molar-refractivity contribution is 7.92. The molecule has 0 radical (unpaired) electrons. The maximum atomic E-state index is 14.7. The summed E-state index contributed by atoms with van der Waals surface area (Å²) < 4.78 is 80.0. The number of aromatic nitrogens is 3. The molecule has 13 heteroatoms. The molecule has 2 saturated heterocycles. The third kappa shape index (κ3) is 4.56. The maximum Gasteiger partial charge on any atom is 0.419 e. The monoisotopic (exact) mass is 569 g/mol. The van der Waals surface area contributed by atoms with Crippen molar-refractivity contribution in [3.63, 3.8) is 0 Å². The molecule has 3 aliphatic rings. The van der Waals surface area contributed by atoms with Gasteiger partial charge in [0.05, 0.1) is 35.0 Å². The van der Waals surface area contributed by atoms with Gasteiger partial charge in [0, 0.05) is 36.6 Å². The number of sulfone groups is 1. The Morgan fingerprint density at radius 2 is 1.71 bits per heavy atom. The first kappa shape index (κ1) is 25.6. The molecule has 0 spiro atoms. The van der Waals surface area contributed by atoms with E-state index in [2.05, 4.69) is 15.1 Å². The second kappa shape index (κ2) is 9.20. The fraction of sp³-hybridized carbons (Fsp3) is 0.440. The van der Waals surface area contributed by atoms with Gasteiger partial charge in [-0.1, -0.05) is 17.7 Å². The Morgan fingerprint density at radius 3 is 2.39 bits per heavy atom. The third-order valence-corrected chi connectivity index (χ3v) is 9.67. The molecule has 0 aliphatic carbocycles. The number of rotatable bonds is 3. The lowest BCUT2D eigenvalue weighted by atomic mass is 9.95. The summed E-state index contributed by atoms with van der Waals surface area (Å²) in [6.45, 7) is 1.68. The quantitative estimate of drug-likeness (QED) is 0.430. The molecule has 0 amide bonds. The van der Waals surface area contributed by atoms with Gasteiger partial charge in [-0.2, -0.15) is 13.2 Å². The van der Waals surface area contributed by atoms with Crippen molar-refractivity contribution in [2.24, 2.45) is 0 Å². The van der Waals surface area contributed by atoms with Crippen LogP contribution in [-0.2, 0) is 29.1 Å². The molecule has 4 heterocycles. The Labute approximate surface area is 221 Å². The second-order valence-corrected chi connectivity index (χ2v) is 12.7. The van der Waals surface area contributed by atoms with Crippen molar-refractivity contribution < 1.29 is 26.0 Å². The standard InChI is InChI=1S/C25H24ClF4N5O2S/c26-17-4-5-20-16(10-17)11-34(18-13-38(36,37)14-18)12-22-31-32-24(35(20)22)15-6-8-33(9-7-15)21-3-1-2-19(23(21)27)25(28,29)30/h1-5,10,15,18H,6-9,11-14H2. The molecule has 0 bridgehead atoms. The van der Waals surface area contributed by atoms with Crippen molar-refractivity contribution >= 4 is 27.1 Å². The summed E-state index contributed by atoms with van der Waals surface area (Å²) in [6, 6.07) is 8.82. The van der Waals surface area contributed by atoms with Gasteiger partial charge in [0.15, 0.2) is 21.5 Å². The first-order valence-electron chi connectivity index (χ1n) is 12.3. The highest BCUT2D eigenvalue weighted by atomic mass is 35.5. The normalized spacial score (nSPS) is 20.5. The average Bonchev–Trinajstić information content (AvgIpc) is 3.18. The summed E-state index contributed by atoms with van der Waals surface area (Å²) in [5.74, 6) is 0.342. The molecule has 0 N–H and O–H groups in total. The van der Waals surface area contributed by atoms with Gasteiger partial charge in [0.1, 0.15) is 5.82 Å². The molecule has 2 fully saturated rings. The number of hydrogen-bond donors (Lipinski definition) is 0. The highest BCUT2D eigenvalue weighted by Gasteiger charge is 2.40. The van der Waals surface area contributed by atoms with Crippen LogP contribution >= 0.6 is 11.6 Å². The van der Waals surface area contributed by atoms with Gasteiger partial charge >= 0.3 is 6.18 Å². The smallest absolute Gasteiger partial charge is 0.369 e. The molecule has 6 rings (SSSR count). The van der Waals surface area contributed by atoms with Crippen LogP contribution in [0.2, 0.25) is 5.02 Å². The van der Waals surface area contributed by atoms with E-state index in [-0.39, 0.29) is 29.2 Å². The molecular formula is C25H24ClF4N5O2S. The largest absolute Gasteiger partial charge is 0.419 e. The lowest BCUT2D eigenvalue weighted by Gasteiger charge is -2.35. The number of anilines is 1. The van der Waals surface area contributed by atoms with Gasteiger partial charge in [-0.05, 0) is 48.7 Å². The van der Waals surface area contributed by atoms with Gasteiger partial charge in [0.25, 0.3) is 0 Å². The zero-order valence-electron chi connectivity index (χ0n) is 20.1. The molecule has 38 heavy (non-hydrogen) atoms. The highest BCUT2D eigenvalue weighted by Crippen LogP contribution is 2.39. The summed E-state index contributed by atoms with van der Waals surface area (Å²) >= 11 is 6.30. The van der Waals surface area contributed by atoms with Crippen LogP contribution in [0.1, 0.15) is 41.5 Å². The maximum absolute atomic E-state index is 14.7. The van der Waals surface area contributed by atoms with Crippen LogP contribution in [-0.4, -0.2) is 58.7 Å². The van der Waals surface area contributed by atoms with Crippen LogP contribution in [0.25, 0.3) is 5.69 Å². The zero-order valence-corrected chi connectivity index (χ0v) is 21.7. The van der Waals surface area contributed by atoms with E-state index in [1.807, 2.05) is 16.7 Å². The Balaban J connectivity index is 1.27. The summed E-state index contributed by atoms with van der Waals surface area (Å²) in [6.07, 6.45) is -3.64. The molecule has 0 saturated carbocycles. The Hall–Kier alpha value is -2.70. The van der Waals surface area contributed by atoms with Gasteiger partial charge in [0.2, 0.25) is 0 Å². The van der Waals surface area contributed by atoms with Gasteiger partial charge in [-0.25, -0.2) is 12.8 Å². The summed E-state index contributed by atoms with van der Waals surface area (Å²) in [5.41, 5.74) is 0.494. The van der Waals surface area contributed by atoms with E-state index in [1.54, 1.807) is 11.0 Å². The van der Waals surface area contributed by atoms with Crippen molar-refractivity contribution in [3.05, 3.63) is 70.0 Å². The van der Waals surface area contributed by atoms with Crippen LogP contribution in [0, 0.1) is 5.82 Å². The fourth-order valence-electron chi connectivity index (χ4n) is 5.68. The van der Waals surface area contributed by atoms with Crippen molar-refractivity contribution in [1.82, 2.24) is 19.7 Å². The number of halogens is 5. The minimum atomic E-state index is -4.76. The Morgan fingerprint density at radius 1 is 0.974 bits per heavy atom. The molecule has 3 aliphatic heterocycles. The Bertz CT molecular complexity index is 1490. The van der Waals surface area contributed by atoms with Crippen LogP contribution in [0.4, 0.5) is 23.2 Å². The van der Waals surface area contributed by atoms with Gasteiger partial charge in [-0.3, -0.25) is 9.47 Å². The number of piperidine rings is 1. The molecule has 0 unspecified atom stereocenters. The first-order chi connectivity index (χ1) is 18.0. The molecule has 7 nitrogen and oxygen atoms in total. The minimum absolute atomic E-state index is 0.0412. The second-order valence-electron chi connectivity index (χ2n) is 10.1. The molecule has 3 aromatic rings. The molecule has 2 aromatic carbocycles. The summed E-state index contributed by atoms with van der Waals surface area (Å²) in [7, 11) is -3.01. The van der Waals surface area contributed by atoms with Crippen LogP contribution in [0.5, 0.6) is 0 Å². The van der Waals surface area contributed by atoms with Crippen LogP contribution < -0.4 is 4.90 Å². The SMILES string of the molecule is O=S1(=O)CC(N2Cc3cc(Cl)ccc3-n3c(nnc3C3CCN(c4cccc(C(F)(F)F)c4F)CC3)C2)C1. The van der Waals surface area contributed by atoms with E-state index < -0.39 is 27.4 Å². The van der Waals surface area contributed by atoms with E-state index in [0.29, 0.717) is 49.9 Å². The zero-order chi connectivity index (χ0) is 26.8. The minimum Gasteiger partial charge on any atom is -0.369 e. The van der Waals surface area contributed by atoms with E-state index in [4.69, 9.17) is 11.6 Å². The van der Waals surface area contributed by atoms with Crippen LogP contribution in [0.15, 0.2) is 36.4 Å². The number of hydrogen-bond acceptors (Lipinski definition) is 6. The predicted molar refractivity (Wildman–Crippen MR) is 134 cm³/mol. The van der Waals surface area contributed by atoms with E-state index in [0.717, 1.165) is 23.1 Å². The summed E-state index contributed by atoms with van der Waals surface area (Å²) in [4.78, 5) is 3.74. The van der Waals surface area contributed by atoms with Crippen molar-refractivity contribution in [2.45, 2.75) is 44.1 Å². The van der Waals surface area contributed by atoms with E-state index in [1.165, 1.54) is 12.1 Å². The molecule has 202 valence electrons. The third-order valence-electron chi connectivity index (χ3n) is 7.65. The van der Waals surface area contributed by atoms with Crippen molar-refractivity contribution in [3.8, 4) is 5.69 Å². The molecule has 1 aromatic heterocycles. The molecule has 0 atom stereocenters. The lowest BCUT2D eigenvalue weighted by molar-refractivity contribution is -0.139. The van der Waals surface area contributed by atoms with Crippen molar-refractivity contribution in [2.75, 3.05) is 29.5 Å². The lowest BCUT2D eigenvalue weighted by Crippen LogP contribution is -2.52. The first-order valence-corrected chi connectivity index (χ1v) is 14.5. The Kier molecular flexibility index (Phi) is 6.19.